The number of thiophene rings is 2. The Kier molecular flexibility index (Phi) is 4.20. The summed E-state index contributed by atoms with van der Waals surface area (Å²) in [4.78, 5) is 0.722. The standard InChI is InChI=1S/C14H17NO3S3/c1-10-6-14(20-13(10)8-16)21(17,18)15(12-2-3-12)7-11-4-5-19-9-11/h4-6,9,12,16H,2-3,7-8H2,1H3. The van der Waals surface area contributed by atoms with Crippen molar-refractivity contribution in [1.82, 2.24) is 4.31 Å². The van der Waals surface area contributed by atoms with Crippen LogP contribution in [0.15, 0.2) is 27.1 Å². The molecule has 0 aromatic carbocycles. The van der Waals surface area contributed by atoms with Crippen LogP contribution in [0.2, 0.25) is 0 Å². The molecule has 3 rings (SSSR count). The highest BCUT2D eigenvalue weighted by Gasteiger charge is 2.39. The zero-order valence-electron chi connectivity index (χ0n) is 11.7. The summed E-state index contributed by atoms with van der Waals surface area (Å²) < 4.78 is 27.7. The fourth-order valence-corrected chi connectivity index (χ4v) is 6.14. The van der Waals surface area contributed by atoms with E-state index in [2.05, 4.69) is 0 Å². The summed E-state index contributed by atoms with van der Waals surface area (Å²) in [5.74, 6) is 0. The van der Waals surface area contributed by atoms with Gasteiger partial charge in [0.2, 0.25) is 0 Å². The number of sulfonamides is 1. The maximum atomic E-state index is 12.9. The van der Waals surface area contributed by atoms with Crippen LogP contribution in [0.1, 0.15) is 28.8 Å². The molecule has 1 N–H and O–H groups in total. The zero-order valence-corrected chi connectivity index (χ0v) is 14.1. The molecule has 0 amide bonds. The molecule has 0 atom stereocenters. The van der Waals surface area contributed by atoms with Crippen molar-refractivity contribution in [1.29, 1.82) is 0 Å². The van der Waals surface area contributed by atoms with Crippen molar-refractivity contribution in [3.63, 3.8) is 0 Å². The predicted octanol–water partition coefficient (Wildman–Crippen LogP) is 2.96. The first-order chi connectivity index (χ1) is 10.0. The molecule has 2 heterocycles. The van der Waals surface area contributed by atoms with E-state index in [0.29, 0.717) is 10.8 Å². The van der Waals surface area contributed by atoms with E-state index in [-0.39, 0.29) is 12.6 Å². The van der Waals surface area contributed by atoms with Gasteiger partial charge in [-0.15, -0.1) is 11.3 Å². The van der Waals surface area contributed by atoms with Crippen LogP contribution in [0.3, 0.4) is 0 Å². The molecule has 0 radical (unpaired) electrons. The molecule has 1 saturated carbocycles. The second-order valence-corrected chi connectivity index (χ2v) is 9.28. The van der Waals surface area contributed by atoms with Crippen molar-refractivity contribution >= 4 is 32.7 Å². The first kappa shape index (κ1) is 15.2. The number of rotatable bonds is 6. The number of aliphatic hydroxyl groups excluding tert-OH is 1. The highest BCUT2D eigenvalue weighted by Crippen LogP contribution is 2.36. The van der Waals surface area contributed by atoms with Gasteiger partial charge in [-0.2, -0.15) is 15.6 Å². The van der Waals surface area contributed by atoms with Gasteiger partial charge in [0.15, 0.2) is 0 Å². The highest BCUT2D eigenvalue weighted by molar-refractivity contribution is 7.91. The molecule has 0 unspecified atom stereocenters. The van der Waals surface area contributed by atoms with Gasteiger partial charge in [0.25, 0.3) is 10.0 Å². The lowest BCUT2D eigenvalue weighted by molar-refractivity contribution is 0.285. The van der Waals surface area contributed by atoms with Crippen molar-refractivity contribution in [3.8, 4) is 0 Å². The predicted molar refractivity (Wildman–Crippen MR) is 85.0 cm³/mol. The summed E-state index contributed by atoms with van der Waals surface area (Å²) in [5, 5.41) is 13.2. The van der Waals surface area contributed by atoms with E-state index in [1.54, 1.807) is 21.7 Å². The van der Waals surface area contributed by atoms with E-state index in [1.807, 2.05) is 23.8 Å². The van der Waals surface area contributed by atoms with E-state index in [0.717, 1.165) is 28.8 Å². The monoisotopic (exact) mass is 343 g/mol. The van der Waals surface area contributed by atoms with Crippen LogP contribution in [-0.4, -0.2) is 23.9 Å². The normalized spacial score (nSPS) is 15.8. The van der Waals surface area contributed by atoms with E-state index in [1.165, 1.54) is 11.3 Å². The smallest absolute Gasteiger partial charge is 0.253 e. The fourth-order valence-electron chi connectivity index (χ4n) is 2.22. The van der Waals surface area contributed by atoms with Crippen LogP contribution in [0.4, 0.5) is 0 Å². The summed E-state index contributed by atoms with van der Waals surface area (Å²) >= 11 is 2.75. The Morgan fingerprint density at radius 3 is 2.71 bits per heavy atom. The molecular formula is C14H17NO3S3. The summed E-state index contributed by atoms with van der Waals surface area (Å²) in [6.45, 7) is 2.16. The van der Waals surface area contributed by atoms with E-state index >= 15 is 0 Å². The quantitative estimate of drug-likeness (QED) is 0.877. The van der Waals surface area contributed by atoms with Crippen LogP contribution < -0.4 is 0 Å². The number of aryl methyl sites for hydroxylation is 1. The Bertz CT molecular complexity index is 715. The summed E-state index contributed by atoms with van der Waals surface area (Å²) in [5.41, 5.74) is 1.87. The van der Waals surface area contributed by atoms with Gasteiger partial charge in [0.1, 0.15) is 4.21 Å². The minimum atomic E-state index is -3.48. The summed E-state index contributed by atoms with van der Waals surface area (Å²) in [6.07, 6.45) is 1.86. The van der Waals surface area contributed by atoms with Gasteiger partial charge in [-0.25, -0.2) is 8.42 Å². The summed E-state index contributed by atoms with van der Waals surface area (Å²) in [7, 11) is -3.48. The van der Waals surface area contributed by atoms with Gasteiger partial charge in [-0.3, -0.25) is 0 Å². The molecule has 0 bridgehead atoms. The lowest BCUT2D eigenvalue weighted by Gasteiger charge is -2.20. The minimum Gasteiger partial charge on any atom is -0.391 e. The highest BCUT2D eigenvalue weighted by atomic mass is 32.2. The molecule has 2 aromatic heterocycles. The van der Waals surface area contributed by atoms with Crippen molar-refractivity contribution in [2.75, 3.05) is 0 Å². The molecule has 0 aliphatic heterocycles. The number of aliphatic hydroxyl groups is 1. The third-order valence-electron chi connectivity index (χ3n) is 3.58. The average Bonchev–Trinajstić information content (AvgIpc) is 3.00. The maximum Gasteiger partial charge on any atom is 0.253 e. The van der Waals surface area contributed by atoms with Gasteiger partial charge >= 0.3 is 0 Å². The number of nitrogens with zero attached hydrogens (tertiary/aromatic N) is 1. The van der Waals surface area contributed by atoms with Gasteiger partial charge in [-0.1, -0.05) is 0 Å². The molecule has 7 heteroatoms. The van der Waals surface area contributed by atoms with Crippen LogP contribution in [0.5, 0.6) is 0 Å². The Labute approximate surface area is 132 Å². The first-order valence-electron chi connectivity index (χ1n) is 6.75. The summed E-state index contributed by atoms with van der Waals surface area (Å²) in [6, 6.07) is 3.76. The van der Waals surface area contributed by atoms with E-state index in [4.69, 9.17) is 0 Å². The Morgan fingerprint density at radius 2 is 2.19 bits per heavy atom. The second-order valence-electron chi connectivity index (χ2n) is 5.24. The molecular weight excluding hydrogens is 326 g/mol. The number of hydrogen-bond donors (Lipinski definition) is 1. The van der Waals surface area contributed by atoms with Crippen LogP contribution in [-0.2, 0) is 23.2 Å². The van der Waals surface area contributed by atoms with Gasteiger partial charge in [-0.05, 0) is 53.8 Å². The molecule has 0 spiro atoms. The van der Waals surface area contributed by atoms with Crippen molar-refractivity contribution in [2.24, 2.45) is 0 Å². The molecule has 0 saturated heterocycles. The molecule has 2 aromatic rings. The molecule has 4 nitrogen and oxygen atoms in total. The fraction of sp³-hybridized carbons (Fsp3) is 0.429. The van der Waals surface area contributed by atoms with Gasteiger partial charge in [0, 0.05) is 17.5 Å². The topological polar surface area (TPSA) is 57.6 Å². The zero-order chi connectivity index (χ0) is 15.0. The SMILES string of the molecule is Cc1cc(S(=O)(=O)N(Cc2ccsc2)C2CC2)sc1CO. The largest absolute Gasteiger partial charge is 0.391 e. The Hall–Kier alpha value is -0.730. The minimum absolute atomic E-state index is 0.111. The second kappa shape index (κ2) is 5.81. The van der Waals surface area contributed by atoms with Crippen LogP contribution >= 0.6 is 22.7 Å². The molecule has 1 fully saturated rings. The van der Waals surface area contributed by atoms with Gasteiger partial charge < -0.3 is 5.11 Å². The molecule has 1 aliphatic rings. The maximum absolute atomic E-state index is 12.9. The number of hydrogen-bond acceptors (Lipinski definition) is 5. The van der Waals surface area contributed by atoms with Crippen LogP contribution in [0.25, 0.3) is 0 Å². The van der Waals surface area contributed by atoms with Crippen LogP contribution in [0, 0.1) is 6.92 Å². The van der Waals surface area contributed by atoms with E-state index in [9.17, 15) is 13.5 Å². The third-order valence-corrected chi connectivity index (χ3v) is 7.88. The van der Waals surface area contributed by atoms with Crippen molar-refractivity contribution in [2.45, 2.75) is 43.2 Å². The molecule has 114 valence electrons. The van der Waals surface area contributed by atoms with E-state index < -0.39 is 10.0 Å². The Balaban J connectivity index is 1.93. The van der Waals surface area contributed by atoms with Gasteiger partial charge in [0.05, 0.1) is 6.61 Å². The van der Waals surface area contributed by atoms with Crippen molar-refractivity contribution in [3.05, 3.63) is 38.9 Å². The lowest BCUT2D eigenvalue weighted by Crippen LogP contribution is -2.32. The third kappa shape index (κ3) is 3.07. The molecule has 21 heavy (non-hydrogen) atoms. The molecule has 1 aliphatic carbocycles. The van der Waals surface area contributed by atoms with Crippen molar-refractivity contribution < 1.29 is 13.5 Å². The lowest BCUT2D eigenvalue weighted by atomic mass is 10.3. The average molecular weight is 343 g/mol. The Morgan fingerprint density at radius 1 is 1.43 bits per heavy atom. The first-order valence-corrected chi connectivity index (χ1v) is 9.95.